The minimum Gasteiger partial charge on any atom is -0.391 e. The van der Waals surface area contributed by atoms with Crippen LogP contribution >= 0.6 is 7.82 Å². The smallest absolute Gasteiger partial charge is 0.391 e. The maximum absolute atomic E-state index is 12.7. The number of hydrogen-bond acceptors (Lipinski definition) is 6. The maximum Gasteiger partial charge on any atom is 0.472 e. The average Bonchev–Trinajstić information content (AvgIpc) is 3.01. The molecule has 3 atom stereocenters. The molecule has 0 bridgehead atoms. The summed E-state index contributed by atoms with van der Waals surface area (Å²) in [5.74, 6) is -0.183. The van der Waals surface area contributed by atoms with E-state index >= 15 is 0 Å². The van der Waals surface area contributed by atoms with Crippen LogP contribution in [0.15, 0.2) is 36.5 Å². The number of aliphatic hydroxyl groups is 1. The summed E-state index contributed by atoms with van der Waals surface area (Å²) in [5, 5.41) is 13.7. The van der Waals surface area contributed by atoms with Crippen LogP contribution in [-0.2, 0) is 18.4 Å². The van der Waals surface area contributed by atoms with Crippen LogP contribution in [0.4, 0.5) is 0 Å². The molecule has 0 heterocycles. The van der Waals surface area contributed by atoms with E-state index in [1.165, 1.54) is 44.9 Å². The van der Waals surface area contributed by atoms with Gasteiger partial charge in [-0.1, -0.05) is 134 Å². The van der Waals surface area contributed by atoms with E-state index in [-0.39, 0.29) is 25.7 Å². The van der Waals surface area contributed by atoms with Crippen molar-refractivity contribution in [2.75, 3.05) is 19.8 Å². The van der Waals surface area contributed by atoms with Crippen LogP contribution < -0.4 is 11.1 Å². The van der Waals surface area contributed by atoms with Crippen LogP contribution in [-0.4, -0.2) is 47.8 Å². The minimum atomic E-state index is -4.31. The molecule has 1 amide bonds. The Bertz CT molecular complexity index is 789. The predicted molar refractivity (Wildman–Crippen MR) is 184 cm³/mol. The third kappa shape index (κ3) is 29.4. The summed E-state index contributed by atoms with van der Waals surface area (Å²) in [7, 11) is -4.31. The van der Waals surface area contributed by atoms with Crippen molar-refractivity contribution in [1.82, 2.24) is 5.32 Å². The van der Waals surface area contributed by atoms with E-state index in [0.29, 0.717) is 12.8 Å². The second-order valence-corrected chi connectivity index (χ2v) is 13.2. The number of nitrogens with one attached hydrogen (secondary N) is 1. The first-order chi connectivity index (χ1) is 21.4. The molecule has 3 unspecified atom stereocenters. The van der Waals surface area contributed by atoms with Gasteiger partial charge in [-0.05, 0) is 44.9 Å². The number of aliphatic hydroxyl groups excluding tert-OH is 1. The lowest BCUT2D eigenvalue weighted by Crippen LogP contribution is -2.46. The fourth-order valence-corrected chi connectivity index (χ4v) is 5.61. The van der Waals surface area contributed by atoms with Crippen molar-refractivity contribution in [2.45, 2.75) is 161 Å². The fourth-order valence-electron chi connectivity index (χ4n) is 4.85. The zero-order valence-electron chi connectivity index (χ0n) is 28.1. The van der Waals surface area contributed by atoms with Crippen molar-refractivity contribution < 1.29 is 28.4 Å². The van der Waals surface area contributed by atoms with E-state index in [2.05, 4.69) is 55.6 Å². The van der Waals surface area contributed by atoms with Crippen LogP contribution in [0.2, 0.25) is 0 Å². The molecule has 8 nitrogen and oxygen atoms in total. The van der Waals surface area contributed by atoms with Gasteiger partial charge in [0, 0.05) is 13.0 Å². The molecule has 0 saturated carbocycles. The van der Waals surface area contributed by atoms with Crippen molar-refractivity contribution in [1.29, 1.82) is 0 Å². The summed E-state index contributed by atoms with van der Waals surface area (Å²) >= 11 is 0. The molecular weight excluding hydrogens is 575 g/mol. The molecule has 0 radical (unpaired) electrons. The Hall–Kier alpha value is -1.28. The van der Waals surface area contributed by atoms with E-state index in [0.717, 1.165) is 77.0 Å². The number of amides is 1. The van der Waals surface area contributed by atoms with Crippen molar-refractivity contribution in [3.8, 4) is 0 Å². The van der Waals surface area contributed by atoms with Gasteiger partial charge in [-0.15, -0.1) is 0 Å². The molecule has 5 N–H and O–H groups in total. The van der Waals surface area contributed by atoms with Crippen molar-refractivity contribution in [3.05, 3.63) is 36.5 Å². The number of phosphoric ester groups is 1. The van der Waals surface area contributed by atoms with Crippen molar-refractivity contribution >= 4 is 13.7 Å². The van der Waals surface area contributed by atoms with E-state index in [1.54, 1.807) is 0 Å². The van der Waals surface area contributed by atoms with Gasteiger partial charge in [0.15, 0.2) is 0 Å². The molecule has 0 aromatic heterocycles. The monoisotopic (exact) mass is 642 g/mol. The predicted octanol–water partition coefficient (Wildman–Crippen LogP) is 8.82. The number of allylic oxidation sites excluding steroid dienone is 6. The molecule has 0 aromatic rings. The van der Waals surface area contributed by atoms with Gasteiger partial charge in [0.05, 0.1) is 25.4 Å². The summed E-state index contributed by atoms with van der Waals surface area (Å²) < 4.78 is 22.0. The molecule has 0 aromatic carbocycles. The largest absolute Gasteiger partial charge is 0.472 e. The molecule has 0 fully saturated rings. The highest BCUT2D eigenvalue weighted by Crippen LogP contribution is 2.43. The molecule has 0 aliphatic rings. The number of hydrogen-bond donors (Lipinski definition) is 4. The van der Waals surface area contributed by atoms with E-state index < -0.39 is 20.0 Å². The zero-order chi connectivity index (χ0) is 32.6. The second-order valence-electron chi connectivity index (χ2n) is 11.7. The van der Waals surface area contributed by atoms with Crippen LogP contribution in [0.5, 0.6) is 0 Å². The van der Waals surface area contributed by atoms with Crippen LogP contribution in [0, 0.1) is 0 Å². The maximum atomic E-state index is 12.7. The lowest BCUT2D eigenvalue weighted by molar-refractivity contribution is -0.123. The van der Waals surface area contributed by atoms with Gasteiger partial charge in [-0.25, -0.2) is 4.57 Å². The SMILES string of the molecule is CC/C=C\C/C=C\C/C=C\CCCCCCCC(=O)NC(COP(=O)(O)OCCN)C(O)CCCCCCCCCCCC. The molecular formula is C35H67N2O6P. The Morgan fingerprint density at radius 3 is 1.93 bits per heavy atom. The summed E-state index contributed by atoms with van der Waals surface area (Å²) in [6.07, 6.45) is 34.3. The molecule has 0 saturated heterocycles. The van der Waals surface area contributed by atoms with E-state index in [4.69, 9.17) is 14.8 Å². The van der Waals surface area contributed by atoms with E-state index in [9.17, 15) is 19.4 Å². The summed E-state index contributed by atoms with van der Waals surface area (Å²) in [4.78, 5) is 22.5. The zero-order valence-corrected chi connectivity index (χ0v) is 29.0. The number of carbonyl (C=O) groups excluding carboxylic acids is 1. The lowest BCUT2D eigenvalue weighted by atomic mass is 10.0. The van der Waals surface area contributed by atoms with Gasteiger partial charge in [0.1, 0.15) is 0 Å². The highest BCUT2D eigenvalue weighted by molar-refractivity contribution is 7.47. The van der Waals surface area contributed by atoms with Crippen molar-refractivity contribution in [3.63, 3.8) is 0 Å². The molecule has 0 spiro atoms. The van der Waals surface area contributed by atoms with Crippen LogP contribution in [0.3, 0.4) is 0 Å². The number of nitrogens with two attached hydrogens (primary N) is 1. The first kappa shape index (κ1) is 42.7. The Labute approximate surface area is 269 Å². The molecule has 258 valence electrons. The van der Waals surface area contributed by atoms with Gasteiger partial charge in [0.25, 0.3) is 0 Å². The quantitative estimate of drug-likeness (QED) is 0.0328. The molecule has 0 aliphatic heterocycles. The third-order valence-electron chi connectivity index (χ3n) is 7.51. The first-order valence-electron chi connectivity index (χ1n) is 17.6. The minimum absolute atomic E-state index is 0.0845. The van der Waals surface area contributed by atoms with Gasteiger partial charge < -0.3 is 21.1 Å². The van der Waals surface area contributed by atoms with Gasteiger partial charge in [0.2, 0.25) is 5.91 Å². The Balaban J connectivity index is 4.32. The molecule has 44 heavy (non-hydrogen) atoms. The molecule has 9 heteroatoms. The third-order valence-corrected chi connectivity index (χ3v) is 8.49. The first-order valence-corrected chi connectivity index (χ1v) is 19.1. The Morgan fingerprint density at radius 2 is 1.32 bits per heavy atom. The summed E-state index contributed by atoms with van der Waals surface area (Å²) in [6, 6.07) is -0.780. The fraction of sp³-hybridized carbons (Fsp3) is 0.800. The molecule has 0 aliphatic carbocycles. The van der Waals surface area contributed by atoms with Crippen molar-refractivity contribution in [2.24, 2.45) is 5.73 Å². The lowest BCUT2D eigenvalue weighted by Gasteiger charge is -2.25. The number of unbranched alkanes of at least 4 members (excludes halogenated alkanes) is 14. The standard InChI is InChI=1S/C35H67N2O6P/c1-3-5-7-9-11-13-15-16-17-18-19-21-23-25-27-29-35(39)37-33(32-43-44(40,41)42-31-30-36)34(38)28-26-24-22-20-14-12-10-8-6-4-2/h5,7,11,13,16-17,33-34,38H,3-4,6,8-10,12,14-15,18-32,36H2,1-2H3,(H,37,39)(H,40,41)/b7-5-,13-11-,17-16-. The Morgan fingerprint density at radius 1 is 0.773 bits per heavy atom. The van der Waals surface area contributed by atoms with Crippen LogP contribution in [0.1, 0.15) is 149 Å². The molecule has 0 rings (SSSR count). The number of carbonyl (C=O) groups is 1. The van der Waals surface area contributed by atoms with Gasteiger partial charge in [-0.2, -0.15) is 0 Å². The van der Waals surface area contributed by atoms with Crippen LogP contribution in [0.25, 0.3) is 0 Å². The number of rotatable bonds is 32. The summed E-state index contributed by atoms with van der Waals surface area (Å²) in [6.45, 7) is 4.04. The highest BCUT2D eigenvalue weighted by atomic mass is 31.2. The number of phosphoric acid groups is 1. The topological polar surface area (TPSA) is 131 Å². The van der Waals surface area contributed by atoms with E-state index in [1.807, 2.05) is 0 Å². The van der Waals surface area contributed by atoms with Gasteiger partial charge >= 0.3 is 7.82 Å². The van der Waals surface area contributed by atoms with Gasteiger partial charge in [-0.3, -0.25) is 13.8 Å². The second kappa shape index (κ2) is 31.7. The Kier molecular flexibility index (Phi) is 30.8. The summed E-state index contributed by atoms with van der Waals surface area (Å²) in [5.41, 5.74) is 5.34. The normalized spacial score (nSPS) is 14.9. The average molecular weight is 643 g/mol. The highest BCUT2D eigenvalue weighted by Gasteiger charge is 2.27.